The third-order valence-electron chi connectivity index (χ3n) is 8.44. The van der Waals surface area contributed by atoms with Crippen LogP contribution in [0.1, 0.15) is 52.9 Å². The quantitative estimate of drug-likeness (QED) is 0.497. The average molecular weight is 557 g/mol. The van der Waals surface area contributed by atoms with Crippen molar-refractivity contribution in [2.24, 2.45) is 0 Å². The summed E-state index contributed by atoms with van der Waals surface area (Å²) in [6.07, 6.45) is 0. The van der Waals surface area contributed by atoms with Crippen LogP contribution in [0.4, 0.5) is 11.6 Å². The van der Waals surface area contributed by atoms with E-state index in [0.29, 0.717) is 24.7 Å². The first-order valence-corrected chi connectivity index (χ1v) is 14.7. The fourth-order valence-corrected chi connectivity index (χ4v) is 5.95. The molecular weight excluding hydrogens is 504 g/mol. The van der Waals surface area contributed by atoms with Gasteiger partial charge in [0.25, 0.3) is 0 Å². The minimum absolute atomic E-state index is 0.147. The van der Waals surface area contributed by atoms with E-state index < -0.39 is 0 Å². The lowest BCUT2D eigenvalue weighted by Crippen LogP contribution is -2.60. The van der Waals surface area contributed by atoms with Gasteiger partial charge in [0.05, 0.1) is 25.2 Å². The van der Waals surface area contributed by atoms with Crippen molar-refractivity contribution in [1.82, 2.24) is 39.2 Å². The number of nitrogens with two attached hydrogens (primary N) is 2. The maximum Gasteiger partial charge on any atom is 0.170 e. The maximum absolute atomic E-state index is 14.9. The first-order valence-electron chi connectivity index (χ1n) is 14.7. The number of carbonyl (C=O) groups is 1. The number of piperazine rings is 2. The maximum atomic E-state index is 14.9. The summed E-state index contributed by atoms with van der Waals surface area (Å²) in [4.78, 5) is 24.3. The molecule has 4 heterocycles. The van der Waals surface area contributed by atoms with Crippen molar-refractivity contribution in [3.8, 4) is 0 Å². The molecule has 2 atom stereocenters. The number of Topliss-reactive ketones (excluding diaryl/α,β-unsaturated/α-hetero) is 1. The van der Waals surface area contributed by atoms with Crippen LogP contribution in [0.2, 0.25) is 0 Å². The van der Waals surface area contributed by atoms with Crippen molar-refractivity contribution in [3.63, 3.8) is 0 Å². The van der Waals surface area contributed by atoms with Crippen molar-refractivity contribution in [2.75, 3.05) is 77.9 Å². The van der Waals surface area contributed by atoms with Crippen LogP contribution in [-0.2, 0) is 28.7 Å². The molecule has 0 aliphatic carbocycles. The summed E-state index contributed by atoms with van der Waals surface area (Å²) in [5.41, 5.74) is 14.2. The Morgan fingerprint density at radius 1 is 0.700 bits per heavy atom. The molecule has 0 amide bonds. The van der Waals surface area contributed by atoms with Gasteiger partial charge in [-0.1, -0.05) is 41.5 Å². The zero-order valence-corrected chi connectivity index (χ0v) is 26.0. The molecule has 11 nitrogen and oxygen atoms in total. The van der Waals surface area contributed by atoms with Gasteiger partial charge in [0, 0.05) is 86.7 Å². The molecule has 0 saturated carbocycles. The van der Waals surface area contributed by atoms with Gasteiger partial charge < -0.3 is 21.3 Å². The van der Waals surface area contributed by atoms with Crippen molar-refractivity contribution in [2.45, 2.75) is 77.5 Å². The smallest absolute Gasteiger partial charge is 0.170 e. The van der Waals surface area contributed by atoms with Gasteiger partial charge in [-0.15, -0.1) is 0 Å². The SMILES string of the molecule is CN1CCN(C(Cn2nc(N)cc2C(C)(C)C)C(=O)C(Cn2nc(N)cc2C(C)(C)C)N2CCN(C)CC2)CC1. The van der Waals surface area contributed by atoms with Crippen molar-refractivity contribution < 1.29 is 4.79 Å². The van der Waals surface area contributed by atoms with E-state index in [1.165, 1.54) is 0 Å². The molecule has 2 aromatic heterocycles. The zero-order valence-electron chi connectivity index (χ0n) is 26.0. The lowest BCUT2D eigenvalue weighted by atomic mass is 9.91. The minimum Gasteiger partial charge on any atom is -0.382 e. The van der Waals surface area contributed by atoms with E-state index in [4.69, 9.17) is 11.5 Å². The van der Waals surface area contributed by atoms with Crippen LogP contribution >= 0.6 is 0 Å². The van der Waals surface area contributed by atoms with E-state index in [0.717, 1.165) is 63.7 Å². The van der Waals surface area contributed by atoms with Gasteiger partial charge in [0.2, 0.25) is 0 Å². The normalized spacial score (nSPS) is 20.6. The molecule has 0 spiro atoms. The second-order valence-electron chi connectivity index (χ2n) is 13.9. The Bertz CT molecular complexity index is 1050. The average Bonchev–Trinajstić information content (AvgIpc) is 3.43. The fourth-order valence-electron chi connectivity index (χ4n) is 5.95. The van der Waals surface area contributed by atoms with Crippen LogP contribution in [0, 0.1) is 0 Å². The summed E-state index contributed by atoms with van der Waals surface area (Å²) in [5.74, 6) is 1.20. The molecule has 4 rings (SSSR count). The van der Waals surface area contributed by atoms with E-state index in [-0.39, 0.29) is 28.7 Å². The van der Waals surface area contributed by atoms with Gasteiger partial charge in [-0.2, -0.15) is 10.2 Å². The summed E-state index contributed by atoms with van der Waals surface area (Å²) in [6.45, 7) is 21.0. The predicted molar refractivity (Wildman–Crippen MR) is 161 cm³/mol. The second kappa shape index (κ2) is 11.8. The Balaban J connectivity index is 1.73. The number of anilines is 2. The molecule has 2 unspecified atom stereocenters. The third kappa shape index (κ3) is 7.05. The van der Waals surface area contributed by atoms with Gasteiger partial charge in [-0.3, -0.25) is 24.0 Å². The van der Waals surface area contributed by atoms with Crippen LogP contribution in [0.25, 0.3) is 0 Å². The number of aromatic nitrogens is 4. The number of hydrogen-bond acceptors (Lipinski definition) is 9. The third-order valence-corrected chi connectivity index (χ3v) is 8.44. The Labute approximate surface area is 240 Å². The van der Waals surface area contributed by atoms with Gasteiger partial charge >= 0.3 is 0 Å². The molecule has 11 heteroatoms. The van der Waals surface area contributed by atoms with E-state index in [1.807, 2.05) is 21.5 Å². The van der Waals surface area contributed by atoms with Crippen molar-refractivity contribution in [1.29, 1.82) is 0 Å². The number of rotatable bonds is 8. The molecule has 2 aliphatic heterocycles. The highest BCUT2D eigenvalue weighted by atomic mass is 16.1. The molecule has 2 fully saturated rings. The Hall–Kier alpha value is -2.47. The topological polar surface area (TPSA) is 118 Å². The molecule has 0 radical (unpaired) electrons. The van der Waals surface area contributed by atoms with E-state index in [2.05, 4.69) is 85.4 Å². The van der Waals surface area contributed by atoms with E-state index in [9.17, 15) is 4.79 Å². The highest BCUT2D eigenvalue weighted by Gasteiger charge is 2.39. The van der Waals surface area contributed by atoms with Gasteiger partial charge in [0.15, 0.2) is 5.78 Å². The molecule has 2 aliphatic rings. The number of hydrogen-bond donors (Lipinski definition) is 2. The lowest BCUT2D eigenvalue weighted by Gasteiger charge is -2.42. The number of carbonyl (C=O) groups excluding carboxylic acids is 1. The van der Waals surface area contributed by atoms with Crippen LogP contribution < -0.4 is 11.5 Å². The predicted octanol–water partition coefficient (Wildman–Crippen LogP) is 1.34. The van der Waals surface area contributed by atoms with E-state index >= 15 is 0 Å². The summed E-state index contributed by atoms with van der Waals surface area (Å²) in [7, 11) is 4.28. The van der Waals surface area contributed by atoms with Gasteiger partial charge in [-0.05, 0) is 14.1 Å². The second-order valence-corrected chi connectivity index (χ2v) is 13.9. The summed E-state index contributed by atoms with van der Waals surface area (Å²) in [6, 6.07) is 3.24. The van der Waals surface area contributed by atoms with Crippen LogP contribution in [0.15, 0.2) is 12.1 Å². The van der Waals surface area contributed by atoms with Crippen LogP contribution in [0.5, 0.6) is 0 Å². The van der Waals surface area contributed by atoms with Gasteiger partial charge in [-0.25, -0.2) is 0 Å². The van der Waals surface area contributed by atoms with Crippen LogP contribution in [0.3, 0.4) is 0 Å². The Kier molecular flexibility index (Phi) is 8.99. The summed E-state index contributed by atoms with van der Waals surface area (Å²) in [5, 5.41) is 9.35. The standard InChI is InChI=1S/C29H52N10O/c1-28(2,3)23-17-25(30)32-38(23)19-21(36-13-9-34(7)10-14-36)27(40)22(37-15-11-35(8)12-16-37)20-39-24(29(4,5)6)18-26(31)33-39/h17-18,21-22H,9-16,19-20H2,1-8H3,(H2,30,32)(H2,31,33). The molecule has 0 aromatic carbocycles. The molecule has 0 bridgehead atoms. The minimum atomic E-state index is -0.329. The van der Waals surface area contributed by atoms with Crippen LogP contribution in [-0.4, -0.2) is 123 Å². The molecule has 40 heavy (non-hydrogen) atoms. The Morgan fingerprint density at radius 2 is 1.02 bits per heavy atom. The molecule has 224 valence electrons. The van der Waals surface area contributed by atoms with E-state index in [1.54, 1.807) is 0 Å². The van der Waals surface area contributed by atoms with Gasteiger partial charge in [0.1, 0.15) is 11.6 Å². The first kappa shape index (κ1) is 30.5. The summed E-state index contributed by atoms with van der Waals surface area (Å²) < 4.78 is 3.95. The fraction of sp³-hybridized carbons (Fsp3) is 0.759. The molecule has 2 saturated heterocycles. The Morgan fingerprint density at radius 3 is 1.32 bits per heavy atom. The first-order chi connectivity index (χ1) is 18.6. The lowest BCUT2D eigenvalue weighted by molar-refractivity contribution is -0.132. The van der Waals surface area contributed by atoms with Crippen molar-refractivity contribution in [3.05, 3.63) is 23.5 Å². The highest BCUT2D eigenvalue weighted by Crippen LogP contribution is 2.27. The number of nitrogen functional groups attached to an aromatic ring is 2. The molecule has 2 aromatic rings. The number of likely N-dealkylation sites (N-methyl/N-ethyl adjacent to an activating group) is 2. The van der Waals surface area contributed by atoms with Crippen molar-refractivity contribution >= 4 is 17.4 Å². The summed E-state index contributed by atoms with van der Waals surface area (Å²) >= 11 is 0. The highest BCUT2D eigenvalue weighted by molar-refractivity contribution is 5.89. The largest absolute Gasteiger partial charge is 0.382 e. The monoisotopic (exact) mass is 556 g/mol. The number of ketones is 1. The molecule has 4 N–H and O–H groups in total. The molecular formula is C29H52N10O. The zero-order chi connectivity index (χ0) is 29.4. The number of nitrogens with zero attached hydrogens (tertiary/aromatic N) is 8.